The van der Waals surface area contributed by atoms with Crippen molar-refractivity contribution in [2.75, 3.05) is 37.6 Å². The number of alkyl halides is 3. The lowest BCUT2D eigenvalue weighted by Crippen LogP contribution is -2.46. The Morgan fingerprint density at radius 3 is 2.43 bits per heavy atom. The van der Waals surface area contributed by atoms with Gasteiger partial charge in [0.25, 0.3) is 0 Å². The maximum Gasteiger partial charge on any atom is 0.416 e. The highest BCUT2D eigenvalue weighted by Crippen LogP contribution is 2.31. The minimum atomic E-state index is -4.31. The number of carbonyl (C=O) groups is 1. The molecule has 1 fully saturated rings. The van der Waals surface area contributed by atoms with Crippen molar-refractivity contribution >= 4 is 11.5 Å². The normalized spacial score (nSPS) is 17.0. The van der Waals surface area contributed by atoms with Crippen molar-refractivity contribution in [3.63, 3.8) is 0 Å². The number of carbonyl (C=O) groups excluding carboxylic acids is 1. The van der Waals surface area contributed by atoms with Crippen LogP contribution < -0.4 is 4.90 Å². The molecule has 0 saturated carbocycles. The van der Waals surface area contributed by atoms with E-state index in [1.165, 1.54) is 12.1 Å². The van der Waals surface area contributed by atoms with Crippen LogP contribution in [0, 0.1) is 0 Å². The lowest BCUT2D eigenvalue weighted by atomic mass is 10.1. The Labute approximate surface area is 122 Å². The van der Waals surface area contributed by atoms with Crippen LogP contribution in [0.1, 0.15) is 18.9 Å². The third kappa shape index (κ3) is 4.46. The van der Waals surface area contributed by atoms with Crippen LogP contribution in [0.25, 0.3) is 0 Å². The fourth-order valence-electron chi connectivity index (χ4n) is 2.42. The molecule has 0 radical (unpaired) electrons. The van der Waals surface area contributed by atoms with Crippen molar-refractivity contribution in [1.29, 1.82) is 0 Å². The molecule has 116 valence electrons. The quantitative estimate of drug-likeness (QED) is 0.854. The van der Waals surface area contributed by atoms with Gasteiger partial charge in [0.2, 0.25) is 0 Å². The lowest BCUT2D eigenvalue weighted by Gasteiger charge is -2.36. The van der Waals surface area contributed by atoms with E-state index in [9.17, 15) is 18.0 Å². The topological polar surface area (TPSA) is 23.6 Å². The number of ketones is 1. The molecule has 0 unspecified atom stereocenters. The standard InChI is InChI=1S/C15H19F3N2O/c1-12(21)5-6-19-7-9-20(10-8-19)14-4-2-3-13(11-14)15(16,17)18/h2-4,11H,5-10H2,1H3. The molecule has 1 saturated heterocycles. The molecule has 6 heteroatoms. The van der Waals surface area contributed by atoms with Gasteiger partial charge in [-0.15, -0.1) is 0 Å². The van der Waals surface area contributed by atoms with Crippen LogP contribution in [0.4, 0.5) is 18.9 Å². The minimum absolute atomic E-state index is 0.162. The van der Waals surface area contributed by atoms with E-state index in [-0.39, 0.29) is 5.78 Å². The lowest BCUT2D eigenvalue weighted by molar-refractivity contribution is -0.137. The van der Waals surface area contributed by atoms with Crippen molar-refractivity contribution in [3.05, 3.63) is 29.8 Å². The van der Waals surface area contributed by atoms with E-state index in [0.29, 0.717) is 25.2 Å². The fourth-order valence-corrected chi connectivity index (χ4v) is 2.42. The fraction of sp³-hybridized carbons (Fsp3) is 0.533. The molecule has 0 spiro atoms. The van der Waals surface area contributed by atoms with Crippen LogP contribution in [0.3, 0.4) is 0 Å². The predicted molar refractivity (Wildman–Crippen MR) is 75.4 cm³/mol. The maximum absolute atomic E-state index is 12.7. The first-order valence-corrected chi connectivity index (χ1v) is 7.00. The van der Waals surface area contributed by atoms with Crippen LogP contribution >= 0.6 is 0 Å². The molecule has 0 atom stereocenters. The Kier molecular flexibility index (Phi) is 4.88. The zero-order valence-electron chi connectivity index (χ0n) is 12.0. The average Bonchev–Trinajstić information content (AvgIpc) is 2.45. The highest BCUT2D eigenvalue weighted by atomic mass is 19.4. The van der Waals surface area contributed by atoms with E-state index in [1.54, 1.807) is 13.0 Å². The van der Waals surface area contributed by atoms with Gasteiger partial charge in [0.15, 0.2) is 0 Å². The van der Waals surface area contributed by atoms with Crippen LogP contribution in [0.15, 0.2) is 24.3 Å². The number of halogens is 3. The van der Waals surface area contributed by atoms with Crippen molar-refractivity contribution in [3.8, 4) is 0 Å². The number of hydrogen-bond acceptors (Lipinski definition) is 3. The summed E-state index contributed by atoms with van der Waals surface area (Å²) in [6.07, 6.45) is -3.77. The van der Waals surface area contributed by atoms with Gasteiger partial charge in [-0.1, -0.05) is 6.07 Å². The van der Waals surface area contributed by atoms with Crippen molar-refractivity contribution in [2.24, 2.45) is 0 Å². The molecule has 0 amide bonds. The number of rotatable bonds is 4. The Morgan fingerprint density at radius 1 is 1.19 bits per heavy atom. The second-order valence-electron chi connectivity index (χ2n) is 5.33. The summed E-state index contributed by atoms with van der Waals surface area (Å²) in [5, 5.41) is 0. The summed E-state index contributed by atoms with van der Waals surface area (Å²) in [7, 11) is 0. The second-order valence-corrected chi connectivity index (χ2v) is 5.33. The van der Waals surface area contributed by atoms with Gasteiger partial charge in [-0.2, -0.15) is 13.2 Å². The summed E-state index contributed by atoms with van der Waals surface area (Å²) >= 11 is 0. The summed E-state index contributed by atoms with van der Waals surface area (Å²) in [6, 6.07) is 5.44. The molecule has 1 aliphatic rings. The Bertz CT molecular complexity index is 494. The summed E-state index contributed by atoms with van der Waals surface area (Å²) in [5.74, 6) is 0.162. The van der Waals surface area contributed by atoms with Gasteiger partial charge >= 0.3 is 6.18 Å². The number of piperazine rings is 1. The van der Waals surface area contributed by atoms with Gasteiger partial charge < -0.3 is 4.90 Å². The number of anilines is 1. The van der Waals surface area contributed by atoms with Gasteiger partial charge in [-0.25, -0.2) is 0 Å². The molecule has 1 aromatic carbocycles. The highest BCUT2D eigenvalue weighted by molar-refractivity contribution is 5.75. The van der Waals surface area contributed by atoms with E-state index < -0.39 is 11.7 Å². The molecular formula is C15H19F3N2O. The van der Waals surface area contributed by atoms with Gasteiger partial charge in [0.05, 0.1) is 5.56 Å². The van der Waals surface area contributed by atoms with Crippen LogP contribution in [0.2, 0.25) is 0 Å². The van der Waals surface area contributed by atoms with Crippen molar-refractivity contribution in [1.82, 2.24) is 4.90 Å². The molecule has 0 bridgehead atoms. The van der Waals surface area contributed by atoms with Crippen molar-refractivity contribution in [2.45, 2.75) is 19.5 Å². The average molecular weight is 300 g/mol. The summed E-state index contributed by atoms with van der Waals surface area (Å²) in [5.41, 5.74) is -0.00458. The number of hydrogen-bond donors (Lipinski definition) is 0. The molecule has 3 nitrogen and oxygen atoms in total. The molecule has 1 heterocycles. The number of nitrogens with zero attached hydrogens (tertiary/aromatic N) is 2. The minimum Gasteiger partial charge on any atom is -0.369 e. The molecule has 21 heavy (non-hydrogen) atoms. The molecule has 0 aromatic heterocycles. The molecule has 0 aliphatic carbocycles. The first-order chi connectivity index (χ1) is 9.86. The first-order valence-electron chi connectivity index (χ1n) is 7.00. The second kappa shape index (κ2) is 6.47. The van der Waals surface area contributed by atoms with E-state index in [0.717, 1.165) is 25.7 Å². The zero-order chi connectivity index (χ0) is 15.5. The maximum atomic E-state index is 12.7. The summed E-state index contributed by atoms with van der Waals surface area (Å²) in [6.45, 7) is 5.19. The van der Waals surface area contributed by atoms with E-state index >= 15 is 0 Å². The van der Waals surface area contributed by atoms with Gasteiger partial charge in [-0.3, -0.25) is 9.69 Å². The molecule has 1 aliphatic heterocycles. The van der Waals surface area contributed by atoms with E-state index in [2.05, 4.69) is 4.90 Å². The Hall–Kier alpha value is -1.56. The third-order valence-corrected chi connectivity index (χ3v) is 3.69. The third-order valence-electron chi connectivity index (χ3n) is 3.69. The van der Waals surface area contributed by atoms with Gasteiger partial charge in [0, 0.05) is 44.8 Å². The predicted octanol–water partition coefficient (Wildman–Crippen LogP) is 2.81. The first kappa shape index (κ1) is 15.8. The largest absolute Gasteiger partial charge is 0.416 e. The number of Topliss-reactive ketones (excluding diaryl/α,β-unsaturated/α-hetero) is 1. The zero-order valence-corrected chi connectivity index (χ0v) is 12.0. The van der Waals surface area contributed by atoms with Gasteiger partial charge in [-0.05, 0) is 25.1 Å². The van der Waals surface area contributed by atoms with Crippen LogP contribution in [-0.2, 0) is 11.0 Å². The molecule has 2 rings (SSSR count). The summed E-state index contributed by atoms with van der Waals surface area (Å²) < 4.78 is 38.1. The van der Waals surface area contributed by atoms with Crippen LogP contribution in [0.5, 0.6) is 0 Å². The smallest absolute Gasteiger partial charge is 0.369 e. The van der Waals surface area contributed by atoms with Gasteiger partial charge in [0.1, 0.15) is 5.78 Å². The number of benzene rings is 1. The monoisotopic (exact) mass is 300 g/mol. The Morgan fingerprint density at radius 2 is 1.86 bits per heavy atom. The van der Waals surface area contributed by atoms with Crippen LogP contribution in [-0.4, -0.2) is 43.4 Å². The SMILES string of the molecule is CC(=O)CCN1CCN(c2cccc(C(F)(F)F)c2)CC1. The molecular weight excluding hydrogens is 281 g/mol. The molecule has 0 N–H and O–H groups in total. The Balaban J connectivity index is 1.95. The van der Waals surface area contributed by atoms with E-state index in [4.69, 9.17) is 0 Å². The summed E-state index contributed by atoms with van der Waals surface area (Å²) in [4.78, 5) is 15.1. The highest BCUT2D eigenvalue weighted by Gasteiger charge is 2.31. The van der Waals surface area contributed by atoms with E-state index in [1.807, 2.05) is 4.90 Å². The van der Waals surface area contributed by atoms with Crippen molar-refractivity contribution < 1.29 is 18.0 Å². The molecule has 1 aromatic rings.